The van der Waals surface area contributed by atoms with E-state index >= 15 is 0 Å². The Hall–Kier alpha value is -1.38. The summed E-state index contributed by atoms with van der Waals surface area (Å²) in [6.45, 7) is 1.96. The second-order valence-corrected chi connectivity index (χ2v) is 4.44. The van der Waals surface area contributed by atoms with E-state index in [1.807, 2.05) is 31.2 Å². The predicted octanol–water partition coefficient (Wildman–Crippen LogP) is 3.84. The maximum atomic E-state index is 13.7. The number of aryl methyl sites for hydroxylation is 1. The fraction of sp³-hybridized carbons (Fsp3) is 0.143. The van der Waals surface area contributed by atoms with Gasteiger partial charge in [0.05, 0.1) is 6.04 Å². The molecule has 0 aromatic heterocycles. The van der Waals surface area contributed by atoms with Crippen LogP contribution in [0, 0.1) is 12.7 Å². The van der Waals surface area contributed by atoms with Crippen molar-refractivity contribution in [2.45, 2.75) is 13.0 Å². The summed E-state index contributed by atoms with van der Waals surface area (Å²) in [7, 11) is 0. The fourth-order valence-electron chi connectivity index (χ4n) is 1.86. The highest BCUT2D eigenvalue weighted by molar-refractivity contribution is 6.30. The fourth-order valence-corrected chi connectivity index (χ4v) is 2.04. The third-order valence-electron chi connectivity index (χ3n) is 2.82. The van der Waals surface area contributed by atoms with Crippen LogP contribution in [0.5, 0.6) is 0 Å². The summed E-state index contributed by atoms with van der Waals surface area (Å²) in [6, 6.07) is 11.6. The minimum Gasteiger partial charge on any atom is -0.320 e. The van der Waals surface area contributed by atoms with Crippen molar-refractivity contribution in [3.8, 4) is 0 Å². The molecule has 0 amide bonds. The molecule has 3 heteroatoms. The number of halogens is 2. The van der Waals surface area contributed by atoms with Gasteiger partial charge in [-0.1, -0.05) is 35.9 Å². The third-order valence-corrected chi connectivity index (χ3v) is 3.05. The van der Waals surface area contributed by atoms with E-state index < -0.39 is 6.04 Å². The van der Waals surface area contributed by atoms with Crippen LogP contribution in [0.25, 0.3) is 0 Å². The normalized spacial score (nSPS) is 12.5. The lowest BCUT2D eigenvalue weighted by Crippen LogP contribution is -2.14. The van der Waals surface area contributed by atoms with Gasteiger partial charge in [-0.2, -0.15) is 0 Å². The standard InChI is InChI=1S/C14H13ClFN/c1-9-4-2-3-5-11(9)14(17)12-8-10(15)6-7-13(12)16/h2-8,14H,17H2,1H3. The van der Waals surface area contributed by atoms with Crippen molar-refractivity contribution in [2.75, 3.05) is 0 Å². The van der Waals surface area contributed by atoms with Gasteiger partial charge in [-0.05, 0) is 36.2 Å². The Kier molecular flexibility index (Phi) is 3.46. The molecule has 0 heterocycles. The molecule has 2 aromatic rings. The summed E-state index contributed by atoms with van der Waals surface area (Å²) >= 11 is 5.87. The zero-order valence-electron chi connectivity index (χ0n) is 9.45. The van der Waals surface area contributed by atoms with Crippen molar-refractivity contribution >= 4 is 11.6 Å². The highest BCUT2D eigenvalue weighted by Crippen LogP contribution is 2.26. The van der Waals surface area contributed by atoms with Crippen LogP contribution in [0.2, 0.25) is 5.02 Å². The molecule has 0 fully saturated rings. The smallest absolute Gasteiger partial charge is 0.128 e. The molecule has 88 valence electrons. The van der Waals surface area contributed by atoms with Crippen molar-refractivity contribution in [2.24, 2.45) is 5.73 Å². The van der Waals surface area contributed by atoms with Crippen LogP contribution in [0.1, 0.15) is 22.7 Å². The molecule has 0 saturated heterocycles. The Morgan fingerprint density at radius 3 is 2.53 bits per heavy atom. The van der Waals surface area contributed by atoms with E-state index in [1.54, 1.807) is 6.07 Å². The number of rotatable bonds is 2. The van der Waals surface area contributed by atoms with Gasteiger partial charge in [-0.25, -0.2) is 4.39 Å². The van der Waals surface area contributed by atoms with Gasteiger partial charge in [-0.3, -0.25) is 0 Å². The summed E-state index contributed by atoms with van der Waals surface area (Å²) in [5.41, 5.74) is 8.46. The number of hydrogen-bond acceptors (Lipinski definition) is 1. The second-order valence-electron chi connectivity index (χ2n) is 4.00. The Balaban J connectivity index is 2.47. The van der Waals surface area contributed by atoms with Crippen LogP contribution in [0.4, 0.5) is 4.39 Å². The van der Waals surface area contributed by atoms with Crippen LogP contribution >= 0.6 is 11.6 Å². The second kappa shape index (κ2) is 4.86. The van der Waals surface area contributed by atoms with Crippen molar-refractivity contribution in [1.82, 2.24) is 0 Å². The summed E-state index contributed by atoms with van der Waals surface area (Å²) < 4.78 is 13.7. The Bertz CT molecular complexity index is 539. The summed E-state index contributed by atoms with van der Waals surface area (Å²) in [6.07, 6.45) is 0. The van der Waals surface area contributed by atoms with E-state index in [-0.39, 0.29) is 5.82 Å². The van der Waals surface area contributed by atoms with Gasteiger partial charge in [-0.15, -0.1) is 0 Å². The molecule has 0 saturated carbocycles. The lowest BCUT2D eigenvalue weighted by molar-refractivity contribution is 0.599. The average molecular weight is 250 g/mol. The highest BCUT2D eigenvalue weighted by Gasteiger charge is 2.15. The quantitative estimate of drug-likeness (QED) is 0.860. The van der Waals surface area contributed by atoms with Crippen molar-refractivity contribution in [3.63, 3.8) is 0 Å². The van der Waals surface area contributed by atoms with E-state index in [9.17, 15) is 4.39 Å². The molecular formula is C14H13ClFN. The molecule has 0 radical (unpaired) electrons. The summed E-state index contributed by atoms with van der Waals surface area (Å²) in [5, 5.41) is 0.491. The Morgan fingerprint density at radius 2 is 1.82 bits per heavy atom. The largest absolute Gasteiger partial charge is 0.320 e. The molecule has 1 atom stereocenters. The molecule has 1 nitrogen and oxygen atoms in total. The number of benzene rings is 2. The van der Waals surface area contributed by atoms with E-state index in [4.69, 9.17) is 17.3 Å². The molecule has 0 aliphatic rings. The first-order valence-corrected chi connectivity index (χ1v) is 5.73. The molecule has 1 unspecified atom stereocenters. The maximum Gasteiger partial charge on any atom is 0.128 e. The van der Waals surface area contributed by atoms with Crippen molar-refractivity contribution in [3.05, 3.63) is 70.0 Å². The van der Waals surface area contributed by atoms with Crippen LogP contribution in [-0.4, -0.2) is 0 Å². The van der Waals surface area contributed by atoms with Crippen molar-refractivity contribution in [1.29, 1.82) is 0 Å². The van der Waals surface area contributed by atoms with E-state index in [2.05, 4.69) is 0 Å². The van der Waals surface area contributed by atoms with Crippen LogP contribution in [0.15, 0.2) is 42.5 Å². The van der Waals surface area contributed by atoms with Crippen LogP contribution < -0.4 is 5.73 Å². The third kappa shape index (κ3) is 2.48. The number of hydrogen-bond donors (Lipinski definition) is 1. The van der Waals surface area contributed by atoms with Gasteiger partial charge >= 0.3 is 0 Å². The lowest BCUT2D eigenvalue weighted by Gasteiger charge is -2.16. The minimum atomic E-state index is -0.491. The van der Waals surface area contributed by atoms with Gasteiger partial charge in [0.2, 0.25) is 0 Å². The van der Waals surface area contributed by atoms with Gasteiger partial charge in [0, 0.05) is 10.6 Å². The monoisotopic (exact) mass is 249 g/mol. The summed E-state index contributed by atoms with van der Waals surface area (Å²) in [5.74, 6) is -0.329. The number of nitrogens with two attached hydrogens (primary N) is 1. The SMILES string of the molecule is Cc1ccccc1C(N)c1cc(Cl)ccc1F. The molecule has 2 rings (SSSR count). The molecule has 0 spiro atoms. The van der Waals surface area contributed by atoms with Gasteiger partial charge < -0.3 is 5.73 Å². The maximum absolute atomic E-state index is 13.7. The Labute approximate surface area is 105 Å². The van der Waals surface area contributed by atoms with Gasteiger partial charge in [0.1, 0.15) is 5.82 Å². The zero-order valence-corrected chi connectivity index (χ0v) is 10.2. The topological polar surface area (TPSA) is 26.0 Å². The molecule has 0 aliphatic carbocycles. The van der Waals surface area contributed by atoms with Crippen LogP contribution in [-0.2, 0) is 0 Å². The highest BCUT2D eigenvalue weighted by atomic mass is 35.5. The van der Waals surface area contributed by atoms with Crippen LogP contribution in [0.3, 0.4) is 0 Å². The first-order valence-electron chi connectivity index (χ1n) is 5.35. The Morgan fingerprint density at radius 1 is 1.12 bits per heavy atom. The van der Waals surface area contributed by atoms with Gasteiger partial charge in [0.15, 0.2) is 0 Å². The zero-order chi connectivity index (χ0) is 12.4. The minimum absolute atomic E-state index is 0.329. The predicted molar refractivity (Wildman–Crippen MR) is 68.6 cm³/mol. The lowest BCUT2D eigenvalue weighted by atomic mass is 9.95. The van der Waals surface area contributed by atoms with E-state index in [0.717, 1.165) is 11.1 Å². The van der Waals surface area contributed by atoms with Crippen molar-refractivity contribution < 1.29 is 4.39 Å². The average Bonchev–Trinajstić information content (AvgIpc) is 2.32. The van der Waals surface area contributed by atoms with E-state index in [1.165, 1.54) is 12.1 Å². The molecule has 0 aliphatic heterocycles. The molecule has 17 heavy (non-hydrogen) atoms. The molecule has 2 N–H and O–H groups in total. The molecule has 0 bridgehead atoms. The summed E-state index contributed by atoms with van der Waals surface area (Å²) in [4.78, 5) is 0. The first kappa shape index (κ1) is 12.1. The van der Waals surface area contributed by atoms with E-state index in [0.29, 0.717) is 10.6 Å². The first-order chi connectivity index (χ1) is 8.09. The molecule has 2 aromatic carbocycles. The molecular weight excluding hydrogens is 237 g/mol. The van der Waals surface area contributed by atoms with Gasteiger partial charge in [0.25, 0.3) is 0 Å².